The van der Waals surface area contributed by atoms with Gasteiger partial charge in [-0.1, -0.05) is 11.6 Å². The lowest BCUT2D eigenvalue weighted by molar-refractivity contribution is 0.108. The molecule has 0 unspecified atom stereocenters. The van der Waals surface area contributed by atoms with Crippen molar-refractivity contribution in [2.75, 3.05) is 49.6 Å². The molecule has 2 aromatic carbocycles. The summed E-state index contributed by atoms with van der Waals surface area (Å²) < 4.78 is 7.13. The predicted octanol–water partition coefficient (Wildman–Crippen LogP) is 3.57. The number of aliphatic hydroxyl groups excluding tert-OH is 2. The van der Waals surface area contributed by atoms with Crippen molar-refractivity contribution in [1.82, 2.24) is 14.7 Å². The molecule has 0 spiro atoms. The fraction of sp³-hybridized carbons (Fsp3) is 0.370. The van der Waals surface area contributed by atoms with Crippen LogP contribution in [0.4, 0.5) is 16.2 Å². The van der Waals surface area contributed by atoms with E-state index in [1.54, 1.807) is 35.9 Å². The highest BCUT2D eigenvalue weighted by molar-refractivity contribution is 6.30. The third-order valence-corrected chi connectivity index (χ3v) is 6.95. The summed E-state index contributed by atoms with van der Waals surface area (Å²) in [5, 5.41) is 36.0. The van der Waals surface area contributed by atoms with Crippen LogP contribution in [0.2, 0.25) is 5.02 Å². The Morgan fingerprint density at radius 3 is 2.50 bits per heavy atom. The summed E-state index contributed by atoms with van der Waals surface area (Å²) in [5.41, 5.74) is 3.15. The molecule has 0 radical (unpaired) electrons. The van der Waals surface area contributed by atoms with E-state index in [0.717, 1.165) is 37.3 Å². The number of rotatable bonds is 9. The van der Waals surface area contributed by atoms with E-state index in [1.165, 1.54) is 6.20 Å². The van der Waals surface area contributed by atoms with Gasteiger partial charge in [0, 0.05) is 42.9 Å². The minimum atomic E-state index is -0.686. The number of hydrogen-bond donors (Lipinski definition) is 3. The molecule has 1 aliphatic heterocycles. The van der Waals surface area contributed by atoms with Crippen molar-refractivity contribution in [2.45, 2.75) is 25.8 Å². The minimum absolute atomic E-state index is 0.0555. The number of nitriles is 1. The molecule has 1 aliphatic rings. The Bertz CT molecular complexity index is 1280. The number of piperidine rings is 1. The zero-order valence-electron chi connectivity index (χ0n) is 21.2. The lowest BCUT2D eigenvalue weighted by atomic mass is 10.0. The van der Waals surface area contributed by atoms with E-state index in [0.29, 0.717) is 40.8 Å². The van der Waals surface area contributed by atoms with E-state index in [-0.39, 0.29) is 19.3 Å². The standard InChI is InChI=1S/C27H31ClN6O4/c1-19-26(18-30-34(19)24-5-2-21(28)3-6-24)38-27(37)31-22-4-7-25(20(16-22)17-29)33-10-8-23(9-11-33)32(12-14-35)13-15-36/h2-7,16,18,23,35-36H,8-15H2,1H3,(H,31,37). The van der Waals surface area contributed by atoms with Crippen molar-refractivity contribution in [2.24, 2.45) is 0 Å². The Kier molecular flexibility index (Phi) is 9.20. The van der Waals surface area contributed by atoms with Crippen LogP contribution >= 0.6 is 11.6 Å². The molecule has 1 aromatic heterocycles. The summed E-state index contributed by atoms with van der Waals surface area (Å²) in [7, 11) is 0. The number of nitrogens with zero attached hydrogens (tertiary/aromatic N) is 5. The van der Waals surface area contributed by atoms with Gasteiger partial charge in [-0.15, -0.1) is 0 Å². The molecule has 0 atom stereocenters. The molecule has 3 N–H and O–H groups in total. The van der Waals surface area contributed by atoms with Crippen molar-refractivity contribution in [1.29, 1.82) is 5.26 Å². The minimum Gasteiger partial charge on any atom is -0.406 e. The van der Waals surface area contributed by atoms with Crippen LogP contribution in [0.1, 0.15) is 24.1 Å². The van der Waals surface area contributed by atoms with Crippen LogP contribution in [0.5, 0.6) is 5.75 Å². The second-order valence-electron chi connectivity index (χ2n) is 9.04. The lowest BCUT2D eigenvalue weighted by Gasteiger charge is -2.39. The number of carbonyl (C=O) groups is 1. The highest BCUT2D eigenvalue weighted by Gasteiger charge is 2.25. The van der Waals surface area contributed by atoms with Crippen LogP contribution in [0.15, 0.2) is 48.7 Å². The number of aromatic nitrogens is 2. The molecule has 4 rings (SSSR count). The van der Waals surface area contributed by atoms with Crippen molar-refractivity contribution in [3.05, 3.63) is 64.9 Å². The van der Waals surface area contributed by atoms with Crippen LogP contribution in [0.25, 0.3) is 5.69 Å². The number of nitrogens with one attached hydrogen (secondary N) is 1. The summed E-state index contributed by atoms with van der Waals surface area (Å²) in [6.45, 7) is 4.47. The molecule has 1 saturated heterocycles. The lowest BCUT2D eigenvalue weighted by Crippen LogP contribution is -2.47. The van der Waals surface area contributed by atoms with E-state index >= 15 is 0 Å². The van der Waals surface area contributed by atoms with Crippen molar-refractivity contribution >= 4 is 29.1 Å². The number of ether oxygens (including phenoxy) is 1. The highest BCUT2D eigenvalue weighted by atomic mass is 35.5. The van der Waals surface area contributed by atoms with Crippen LogP contribution in [-0.2, 0) is 0 Å². The Morgan fingerprint density at radius 2 is 1.87 bits per heavy atom. The van der Waals surface area contributed by atoms with E-state index in [2.05, 4.69) is 26.3 Å². The third kappa shape index (κ3) is 6.44. The number of benzene rings is 2. The number of carbonyl (C=O) groups excluding carboxylic acids is 1. The van der Waals surface area contributed by atoms with E-state index in [9.17, 15) is 20.3 Å². The normalized spacial score (nSPS) is 13.9. The second-order valence-corrected chi connectivity index (χ2v) is 9.48. The molecule has 0 bridgehead atoms. The first kappa shape index (κ1) is 27.4. The molecule has 1 fully saturated rings. The van der Waals surface area contributed by atoms with Gasteiger partial charge >= 0.3 is 6.09 Å². The Labute approximate surface area is 226 Å². The average Bonchev–Trinajstić information content (AvgIpc) is 3.28. The van der Waals surface area contributed by atoms with Crippen LogP contribution in [0, 0.1) is 18.3 Å². The van der Waals surface area contributed by atoms with Gasteiger partial charge in [0.05, 0.1) is 42.0 Å². The number of aliphatic hydroxyl groups is 2. The smallest absolute Gasteiger partial charge is 0.406 e. The second kappa shape index (κ2) is 12.8. The molecule has 38 heavy (non-hydrogen) atoms. The quantitative estimate of drug-likeness (QED) is 0.377. The Balaban J connectivity index is 1.38. The first-order valence-electron chi connectivity index (χ1n) is 12.5. The molecule has 1 amide bonds. The van der Waals surface area contributed by atoms with Crippen LogP contribution in [0.3, 0.4) is 0 Å². The van der Waals surface area contributed by atoms with Gasteiger partial charge in [-0.05, 0) is 62.2 Å². The van der Waals surface area contributed by atoms with Crippen molar-refractivity contribution in [3.8, 4) is 17.5 Å². The Morgan fingerprint density at radius 1 is 1.18 bits per heavy atom. The van der Waals surface area contributed by atoms with Crippen LogP contribution < -0.4 is 15.0 Å². The summed E-state index contributed by atoms with van der Waals surface area (Å²) in [6.07, 6.45) is 2.51. The van der Waals surface area contributed by atoms with Crippen molar-refractivity contribution < 1.29 is 19.7 Å². The van der Waals surface area contributed by atoms with E-state index in [1.807, 2.05) is 18.2 Å². The number of hydrogen-bond acceptors (Lipinski definition) is 8. The maximum atomic E-state index is 12.6. The fourth-order valence-corrected chi connectivity index (χ4v) is 4.89. The Hall–Kier alpha value is -3.62. The van der Waals surface area contributed by atoms with E-state index < -0.39 is 6.09 Å². The molecule has 0 saturated carbocycles. The molecule has 200 valence electrons. The highest BCUT2D eigenvalue weighted by Crippen LogP contribution is 2.28. The maximum Gasteiger partial charge on any atom is 0.417 e. The molecule has 3 aromatic rings. The van der Waals surface area contributed by atoms with Gasteiger partial charge in [0.2, 0.25) is 0 Å². The SMILES string of the molecule is Cc1c(OC(=O)Nc2ccc(N3CCC(N(CCO)CCO)CC3)c(C#N)c2)cnn1-c1ccc(Cl)cc1. The largest absolute Gasteiger partial charge is 0.417 e. The number of amides is 1. The first-order chi connectivity index (χ1) is 18.4. The molecule has 2 heterocycles. The van der Waals surface area contributed by atoms with Gasteiger partial charge in [0.25, 0.3) is 0 Å². The van der Waals surface area contributed by atoms with Gasteiger partial charge < -0.3 is 19.8 Å². The predicted molar refractivity (Wildman–Crippen MR) is 145 cm³/mol. The molecule has 0 aliphatic carbocycles. The van der Waals surface area contributed by atoms with Gasteiger partial charge in [-0.25, -0.2) is 9.48 Å². The number of halogens is 1. The summed E-state index contributed by atoms with van der Waals surface area (Å²) in [6, 6.07) is 14.9. The summed E-state index contributed by atoms with van der Waals surface area (Å²) in [5.74, 6) is 0.314. The fourth-order valence-electron chi connectivity index (χ4n) is 4.77. The zero-order chi connectivity index (χ0) is 27.1. The summed E-state index contributed by atoms with van der Waals surface area (Å²) >= 11 is 5.96. The van der Waals surface area contributed by atoms with Crippen molar-refractivity contribution in [3.63, 3.8) is 0 Å². The van der Waals surface area contributed by atoms with Gasteiger partial charge in [0.15, 0.2) is 5.75 Å². The molecular formula is C27H31ClN6O4. The topological polar surface area (TPSA) is 127 Å². The summed E-state index contributed by atoms with van der Waals surface area (Å²) in [4.78, 5) is 16.9. The third-order valence-electron chi connectivity index (χ3n) is 6.70. The van der Waals surface area contributed by atoms with Gasteiger partial charge in [-0.2, -0.15) is 10.4 Å². The molecular weight excluding hydrogens is 508 g/mol. The maximum absolute atomic E-state index is 12.6. The van der Waals surface area contributed by atoms with E-state index in [4.69, 9.17) is 16.3 Å². The zero-order valence-corrected chi connectivity index (χ0v) is 21.9. The molecule has 11 heteroatoms. The van der Waals surface area contributed by atoms with Crippen LogP contribution in [-0.4, -0.2) is 76.4 Å². The van der Waals surface area contributed by atoms with Gasteiger partial charge in [0.1, 0.15) is 6.07 Å². The monoisotopic (exact) mass is 538 g/mol. The molecule has 10 nitrogen and oxygen atoms in total. The first-order valence-corrected chi connectivity index (χ1v) is 12.9. The average molecular weight is 539 g/mol. The number of anilines is 2. The van der Waals surface area contributed by atoms with Gasteiger partial charge in [-0.3, -0.25) is 10.2 Å².